The van der Waals surface area contributed by atoms with E-state index in [1.165, 1.54) is 30.3 Å². The van der Waals surface area contributed by atoms with E-state index in [9.17, 15) is 22.4 Å². The van der Waals surface area contributed by atoms with Crippen molar-refractivity contribution in [3.63, 3.8) is 0 Å². The van der Waals surface area contributed by atoms with Crippen molar-refractivity contribution in [2.24, 2.45) is 5.16 Å². The number of nitrogens with zero attached hydrogens (tertiary/aromatic N) is 2. The summed E-state index contributed by atoms with van der Waals surface area (Å²) in [5.74, 6) is -2.18. The second kappa shape index (κ2) is 10.2. The summed E-state index contributed by atoms with van der Waals surface area (Å²) in [6.07, 6.45) is -4.12. The molecule has 7 nitrogen and oxygen atoms in total. The zero-order valence-corrected chi connectivity index (χ0v) is 17.2. The largest absolute Gasteiger partial charge is 0.487 e. The Hall–Kier alpha value is -3.89. The van der Waals surface area contributed by atoms with E-state index < -0.39 is 35.7 Å². The quantitative estimate of drug-likeness (QED) is 0.196. The van der Waals surface area contributed by atoms with Crippen LogP contribution in [0.2, 0.25) is 0 Å². The molecule has 0 atom stereocenters. The molecular formula is C22H18F4N2O5. The molecule has 0 aliphatic rings. The number of oxime groups is 1. The smallest absolute Gasteiger partial charge is 0.416 e. The minimum Gasteiger partial charge on any atom is -0.487 e. The number of alkyl halides is 3. The van der Waals surface area contributed by atoms with Crippen LogP contribution in [0.3, 0.4) is 0 Å². The van der Waals surface area contributed by atoms with Crippen LogP contribution in [0.5, 0.6) is 5.75 Å². The Morgan fingerprint density at radius 3 is 2.52 bits per heavy atom. The van der Waals surface area contributed by atoms with Gasteiger partial charge in [0.2, 0.25) is 0 Å². The third kappa shape index (κ3) is 6.31. The van der Waals surface area contributed by atoms with Gasteiger partial charge in [0.1, 0.15) is 30.5 Å². The summed E-state index contributed by atoms with van der Waals surface area (Å²) in [4.78, 5) is 16.4. The lowest BCUT2D eigenvalue weighted by Gasteiger charge is -2.12. The number of carboxylic acids is 1. The van der Waals surface area contributed by atoms with Crippen LogP contribution in [0.25, 0.3) is 11.3 Å². The molecular weight excluding hydrogens is 448 g/mol. The van der Waals surface area contributed by atoms with Crippen molar-refractivity contribution in [1.82, 2.24) is 5.16 Å². The third-order valence-electron chi connectivity index (χ3n) is 4.26. The van der Waals surface area contributed by atoms with Crippen molar-refractivity contribution in [2.45, 2.75) is 19.5 Å². The lowest BCUT2D eigenvalue weighted by atomic mass is 10.1. The lowest BCUT2D eigenvalue weighted by molar-refractivity contribution is -0.137. The van der Waals surface area contributed by atoms with Gasteiger partial charge in [-0.25, -0.2) is 9.18 Å². The van der Waals surface area contributed by atoms with E-state index in [1.807, 2.05) is 6.92 Å². The van der Waals surface area contributed by atoms with Gasteiger partial charge in [0.05, 0.1) is 11.1 Å². The summed E-state index contributed by atoms with van der Waals surface area (Å²) in [7, 11) is 0. The van der Waals surface area contributed by atoms with Crippen LogP contribution >= 0.6 is 0 Å². The number of rotatable bonds is 9. The Bertz CT molecular complexity index is 1140. The van der Waals surface area contributed by atoms with Crippen LogP contribution < -0.4 is 4.74 Å². The van der Waals surface area contributed by atoms with E-state index in [4.69, 9.17) is 19.2 Å². The van der Waals surface area contributed by atoms with Gasteiger partial charge in [-0.15, -0.1) is 0 Å². The number of aromatic nitrogens is 1. The number of ether oxygens (including phenoxy) is 1. The first kappa shape index (κ1) is 23.8. The molecule has 1 aromatic heterocycles. The van der Waals surface area contributed by atoms with Crippen LogP contribution in [0.15, 0.2) is 58.2 Å². The first-order chi connectivity index (χ1) is 15.7. The van der Waals surface area contributed by atoms with Gasteiger partial charge in [0.25, 0.3) is 0 Å². The van der Waals surface area contributed by atoms with Crippen molar-refractivity contribution >= 4 is 11.7 Å². The average molecular weight is 466 g/mol. The molecule has 0 fully saturated rings. The van der Waals surface area contributed by atoms with Crippen LogP contribution in [-0.4, -0.2) is 35.2 Å². The normalized spacial score (nSPS) is 12.0. The molecule has 2 aromatic carbocycles. The first-order valence-electron chi connectivity index (χ1n) is 9.67. The van der Waals surface area contributed by atoms with Gasteiger partial charge in [-0.3, -0.25) is 0 Å². The van der Waals surface area contributed by atoms with E-state index in [0.717, 1.165) is 6.07 Å². The van der Waals surface area contributed by atoms with Crippen molar-refractivity contribution in [3.8, 4) is 17.0 Å². The zero-order valence-electron chi connectivity index (χ0n) is 17.2. The summed E-state index contributed by atoms with van der Waals surface area (Å²) >= 11 is 0. The van der Waals surface area contributed by atoms with Gasteiger partial charge >= 0.3 is 12.1 Å². The molecule has 3 aromatic rings. The molecule has 1 heterocycles. The van der Waals surface area contributed by atoms with Crippen LogP contribution in [0, 0.1) is 5.82 Å². The first-order valence-corrected chi connectivity index (χ1v) is 9.67. The monoisotopic (exact) mass is 466 g/mol. The highest BCUT2D eigenvalue weighted by molar-refractivity contribution is 5.99. The van der Waals surface area contributed by atoms with Crippen LogP contribution in [0.1, 0.15) is 35.0 Å². The van der Waals surface area contributed by atoms with Gasteiger partial charge in [0.15, 0.2) is 11.5 Å². The molecule has 0 bridgehead atoms. The highest BCUT2D eigenvalue weighted by atomic mass is 19.4. The molecule has 174 valence electrons. The topological polar surface area (TPSA) is 94.2 Å². The van der Waals surface area contributed by atoms with Crippen LogP contribution in [0.4, 0.5) is 17.6 Å². The van der Waals surface area contributed by atoms with Crippen LogP contribution in [-0.2, 0) is 11.0 Å². The van der Waals surface area contributed by atoms with Gasteiger partial charge in [-0.1, -0.05) is 17.2 Å². The molecule has 33 heavy (non-hydrogen) atoms. The molecule has 0 amide bonds. The minimum atomic E-state index is -4.76. The third-order valence-corrected chi connectivity index (χ3v) is 4.26. The predicted molar refractivity (Wildman–Crippen MR) is 109 cm³/mol. The summed E-state index contributed by atoms with van der Waals surface area (Å²) in [5, 5.41) is 16.9. The molecule has 11 heteroatoms. The fraction of sp³-hybridized carbons (Fsp3) is 0.227. The number of carbonyl (C=O) groups is 1. The highest BCUT2D eigenvalue weighted by Gasteiger charge is 2.32. The fourth-order valence-electron chi connectivity index (χ4n) is 2.65. The van der Waals surface area contributed by atoms with E-state index in [-0.39, 0.29) is 23.8 Å². The lowest BCUT2D eigenvalue weighted by Crippen LogP contribution is -2.15. The van der Waals surface area contributed by atoms with Crippen molar-refractivity contribution in [1.29, 1.82) is 0 Å². The van der Waals surface area contributed by atoms with Gasteiger partial charge in [-0.2, -0.15) is 13.2 Å². The van der Waals surface area contributed by atoms with Crippen molar-refractivity contribution < 1.29 is 41.6 Å². The summed E-state index contributed by atoms with van der Waals surface area (Å²) in [5.41, 5.74) is -0.765. The van der Waals surface area contributed by atoms with Gasteiger partial charge in [0, 0.05) is 11.6 Å². The molecule has 3 rings (SSSR count). The Morgan fingerprint density at radius 2 is 1.88 bits per heavy atom. The molecule has 0 aliphatic heterocycles. The predicted octanol–water partition coefficient (Wildman–Crippen LogP) is 5.41. The molecule has 0 unspecified atom stereocenters. The summed E-state index contributed by atoms with van der Waals surface area (Å²) in [6, 6.07) is 9.13. The Morgan fingerprint density at radius 1 is 1.15 bits per heavy atom. The molecule has 0 spiro atoms. The maximum absolute atomic E-state index is 13.1. The molecule has 0 saturated heterocycles. The van der Waals surface area contributed by atoms with Gasteiger partial charge in [-0.05, 0) is 48.9 Å². The molecule has 0 saturated carbocycles. The Kier molecular flexibility index (Phi) is 7.31. The van der Waals surface area contributed by atoms with Crippen molar-refractivity contribution in [3.05, 3.63) is 71.2 Å². The highest BCUT2D eigenvalue weighted by Crippen LogP contribution is 2.33. The maximum Gasteiger partial charge on any atom is 0.416 e. The number of hydrogen-bond donors (Lipinski definition) is 1. The number of halogens is 4. The molecule has 1 N–H and O–H groups in total. The Balaban J connectivity index is 1.86. The maximum atomic E-state index is 13.1. The Labute approximate surface area is 185 Å². The SMILES string of the molecule is CCCO/N=C(\COc1cc(C(=O)O)cc(C(F)(F)F)c1)c1cc(-c2ccc(F)cc2)no1. The van der Waals surface area contributed by atoms with E-state index >= 15 is 0 Å². The van der Waals surface area contributed by atoms with E-state index in [1.54, 1.807) is 0 Å². The number of aromatic carboxylic acids is 1. The summed E-state index contributed by atoms with van der Waals surface area (Å²) in [6.45, 7) is 1.71. The second-order valence-corrected chi connectivity index (χ2v) is 6.79. The number of benzene rings is 2. The number of carboxylic acid groups (broad SMARTS) is 1. The van der Waals surface area contributed by atoms with Gasteiger partial charge < -0.3 is 19.2 Å². The molecule has 0 aliphatic carbocycles. The molecule has 0 radical (unpaired) electrons. The van der Waals surface area contributed by atoms with Crippen molar-refractivity contribution in [2.75, 3.05) is 13.2 Å². The average Bonchev–Trinajstić information content (AvgIpc) is 3.26. The fourth-order valence-corrected chi connectivity index (χ4v) is 2.65. The number of hydrogen-bond acceptors (Lipinski definition) is 6. The zero-order chi connectivity index (χ0) is 24.0. The summed E-state index contributed by atoms with van der Waals surface area (Å²) < 4.78 is 63.2. The van der Waals surface area contributed by atoms with E-state index in [2.05, 4.69) is 10.3 Å². The van der Waals surface area contributed by atoms with E-state index in [0.29, 0.717) is 29.8 Å². The standard InChI is InChI=1S/C22H18F4N2O5/c1-2-7-32-27-19(20-11-18(28-33-20)13-3-5-16(23)6-4-13)12-31-17-9-14(21(29)30)8-15(10-17)22(24,25)26/h3-6,8-11H,2,7,12H2,1H3,(H,29,30)/b27-19+. The second-order valence-electron chi connectivity index (χ2n) is 6.79. The minimum absolute atomic E-state index is 0.0681.